The third-order valence-corrected chi connectivity index (χ3v) is 14.5. The minimum atomic E-state index is -2.43. The third kappa shape index (κ3) is 14.3. The predicted molar refractivity (Wildman–Crippen MR) is 245 cm³/mol. The van der Waals surface area contributed by atoms with E-state index in [4.69, 9.17) is 23.7 Å². The molecular formula is C51H79NO13. The number of methoxy groups -OCH3 is 3. The van der Waals surface area contributed by atoms with Gasteiger partial charge in [0.05, 0.1) is 24.4 Å². The van der Waals surface area contributed by atoms with Crippen molar-refractivity contribution in [3.8, 4) is 0 Å². The molecule has 0 aromatic rings. The van der Waals surface area contributed by atoms with Crippen LogP contribution in [-0.4, -0.2) is 132 Å². The second kappa shape index (κ2) is 25.1. The Bertz CT molecular complexity index is 1760. The fourth-order valence-corrected chi connectivity index (χ4v) is 10.1. The number of amides is 1. The van der Waals surface area contributed by atoms with Crippen molar-refractivity contribution in [3.05, 3.63) is 47.6 Å². The van der Waals surface area contributed by atoms with Crippen molar-refractivity contribution in [1.29, 1.82) is 0 Å². The molecule has 15 atom stereocenters. The molecule has 65 heavy (non-hydrogen) atoms. The summed E-state index contributed by atoms with van der Waals surface area (Å²) in [6.45, 7) is 12.7. The number of Topliss-reactive ketones (excluding diaryl/α,β-unsaturated/α-hetero) is 3. The number of ketones is 3. The molecule has 0 radical (unpaired) electrons. The minimum Gasteiger partial charge on any atom is -0.460 e. The van der Waals surface area contributed by atoms with Crippen molar-refractivity contribution in [1.82, 2.24) is 4.90 Å². The Hall–Kier alpha value is -3.37. The number of esters is 1. The number of aliphatic hydroxyl groups is 3. The minimum absolute atomic E-state index is 0.0193. The first kappa shape index (κ1) is 54.2. The molecule has 1 amide bonds. The number of carbonyl (C=O) groups excluding carboxylic acids is 5. The van der Waals surface area contributed by atoms with Crippen LogP contribution in [0.2, 0.25) is 0 Å². The van der Waals surface area contributed by atoms with Gasteiger partial charge in [0.1, 0.15) is 30.1 Å². The number of hydrogen-bond acceptors (Lipinski definition) is 13. The van der Waals surface area contributed by atoms with Crippen LogP contribution in [-0.2, 0) is 47.7 Å². The van der Waals surface area contributed by atoms with Gasteiger partial charge in [-0.2, -0.15) is 0 Å². The number of aliphatic hydroxyl groups excluding tert-OH is 2. The van der Waals surface area contributed by atoms with Crippen LogP contribution >= 0.6 is 0 Å². The summed E-state index contributed by atoms with van der Waals surface area (Å²) in [7, 11) is 4.52. The Balaban J connectivity index is 1.70. The van der Waals surface area contributed by atoms with Crippen LogP contribution in [0.3, 0.4) is 0 Å². The summed E-state index contributed by atoms with van der Waals surface area (Å²) in [5, 5.41) is 33.8. The standard InChI is InChI=1S/C51H79NO13/c1-30-16-12-11-13-17-31(2)42(61-8)28-38-21-19-36(7)51(60,65-38)48(57)49(58)52-23-15-14-18-39(52)50(59)64-43(33(4)26-37-20-22-40(53)44(27-37)62-9)29-41(54)32(3)25-35(6)46(56)47(63-10)45(55)34(5)24-30/h11-13,16-17,25,30,32-34,36-40,42-44,46-47,53,56,60H,14-15,18-24,26-29H2,1-10H3/b13-11+,16-12+,31-17+,35-25+/t30-,32?,33?,34?,36?,37+,38+,39?,40?,42+,43+,44-,46?,47+,51?/m1/s1. The Kier molecular flexibility index (Phi) is 21.0. The molecule has 0 aromatic carbocycles. The normalized spacial score (nSPS) is 40.4. The van der Waals surface area contributed by atoms with Crippen LogP contribution in [0.25, 0.3) is 0 Å². The highest BCUT2D eigenvalue weighted by molar-refractivity contribution is 6.39. The molecule has 3 heterocycles. The number of cyclic esters (lactones) is 1. The van der Waals surface area contributed by atoms with Crippen molar-refractivity contribution < 1.29 is 63.0 Å². The average Bonchev–Trinajstić information content (AvgIpc) is 3.28. The van der Waals surface area contributed by atoms with Crippen molar-refractivity contribution in [2.45, 2.75) is 180 Å². The molecule has 2 saturated heterocycles. The van der Waals surface area contributed by atoms with Gasteiger partial charge in [0, 0.05) is 58.5 Å². The summed E-state index contributed by atoms with van der Waals surface area (Å²) in [5.41, 5.74) is 1.27. The first-order valence-electron chi connectivity index (χ1n) is 23.9. The molecule has 3 N–H and O–H groups in total. The molecule has 0 aromatic heterocycles. The van der Waals surface area contributed by atoms with Gasteiger partial charge >= 0.3 is 5.97 Å². The first-order valence-corrected chi connectivity index (χ1v) is 23.9. The molecule has 3 fully saturated rings. The van der Waals surface area contributed by atoms with Gasteiger partial charge in [-0.1, -0.05) is 71.1 Å². The van der Waals surface area contributed by atoms with Crippen LogP contribution in [0, 0.1) is 35.5 Å². The highest BCUT2D eigenvalue weighted by Crippen LogP contribution is 2.38. The molecule has 4 aliphatic rings. The average molecular weight is 914 g/mol. The SMILES string of the molecule is CO[C@H]1C[C@@H]2CCC(C)C(O)(O2)C(=O)C(=O)N2CCCCC2C(=O)O[C@H](C(C)C[C@@H]2CCC(O)[C@H](OC)C2)CC(=O)C(C)/C=C(\C)C(O)[C@@H](OC)C(=O)C(C)C[C@H](C)/C=C/C=C/C=C/1C. The highest BCUT2D eigenvalue weighted by Gasteiger charge is 2.53. The van der Waals surface area contributed by atoms with Crippen molar-refractivity contribution in [2.24, 2.45) is 35.5 Å². The third-order valence-electron chi connectivity index (χ3n) is 14.5. The zero-order valence-corrected chi connectivity index (χ0v) is 40.6. The Labute approximate surface area is 387 Å². The maximum atomic E-state index is 14.4. The van der Waals surface area contributed by atoms with E-state index >= 15 is 0 Å². The number of nitrogens with zero attached hydrogens (tertiary/aromatic N) is 1. The van der Waals surface area contributed by atoms with Gasteiger partial charge in [0.2, 0.25) is 5.79 Å². The van der Waals surface area contributed by atoms with Gasteiger partial charge in [-0.3, -0.25) is 19.2 Å². The van der Waals surface area contributed by atoms with E-state index in [-0.39, 0.29) is 54.8 Å². The van der Waals surface area contributed by atoms with Gasteiger partial charge in [0.25, 0.3) is 11.7 Å². The zero-order chi connectivity index (χ0) is 48.2. The van der Waals surface area contributed by atoms with Crippen LogP contribution in [0.15, 0.2) is 47.6 Å². The molecule has 0 spiro atoms. The van der Waals surface area contributed by atoms with Crippen molar-refractivity contribution in [3.63, 3.8) is 0 Å². The van der Waals surface area contributed by atoms with Gasteiger partial charge < -0.3 is 43.9 Å². The van der Waals surface area contributed by atoms with Gasteiger partial charge in [-0.05, 0) is 107 Å². The molecule has 1 aliphatic carbocycles. The molecule has 3 aliphatic heterocycles. The summed E-state index contributed by atoms with van der Waals surface area (Å²) >= 11 is 0. The smallest absolute Gasteiger partial charge is 0.329 e. The number of fused-ring (bicyclic) bond motifs is 3. The van der Waals surface area contributed by atoms with E-state index in [2.05, 4.69) is 0 Å². The largest absolute Gasteiger partial charge is 0.460 e. The van der Waals surface area contributed by atoms with Gasteiger partial charge in [0.15, 0.2) is 5.78 Å². The lowest BCUT2D eigenvalue weighted by Crippen LogP contribution is -2.61. The fraction of sp³-hybridized carbons (Fsp3) is 0.745. The number of rotatable bonds is 6. The maximum absolute atomic E-state index is 14.4. The Morgan fingerprint density at radius 1 is 0.846 bits per heavy atom. The molecule has 14 nitrogen and oxygen atoms in total. The van der Waals surface area contributed by atoms with Crippen molar-refractivity contribution in [2.75, 3.05) is 27.9 Å². The maximum Gasteiger partial charge on any atom is 0.329 e. The van der Waals surface area contributed by atoms with Gasteiger partial charge in [-0.25, -0.2) is 4.79 Å². The summed E-state index contributed by atoms with van der Waals surface area (Å²) in [6, 6.07) is -1.14. The number of hydrogen-bond donors (Lipinski definition) is 3. The lowest BCUT2D eigenvalue weighted by Gasteiger charge is -2.42. The molecule has 1 saturated carbocycles. The zero-order valence-electron chi connectivity index (χ0n) is 40.6. The fourth-order valence-electron chi connectivity index (χ4n) is 10.1. The highest BCUT2D eigenvalue weighted by atomic mass is 16.6. The first-order chi connectivity index (χ1) is 30.7. The molecule has 8 unspecified atom stereocenters. The summed E-state index contributed by atoms with van der Waals surface area (Å²) in [6.07, 6.45) is 11.2. The topological polar surface area (TPSA) is 195 Å². The predicted octanol–water partition coefficient (Wildman–Crippen LogP) is 6.18. The lowest BCUT2D eigenvalue weighted by molar-refractivity contribution is -0.265. The molecular weight excluding hydrogens is 835 g/mol. The Morgan fingerprint density at radius 2 is 1.57 bits per heavy atom. The Morgan fingerprint density at radius 3 is 2.25 bits per heavy atom. The van der Waals surface area contributed by atoms with E-state index in [1.165, 1.54) is 12.0 Å². The summed E-state index contributed by atoms with van der Waals surface area (Å²) < 4.78 is 29.4. The monoisotopic (exact) mass is 914 g/mol. The van der Waals surface area contributed by atoms with E-state index in [9.17, 15) is 39.3 Å². The van der Waals surface area contributed by atoms with Gasteiger partial charge in [-0.15, -0.1) is 0 Å². The van der Waals surface area contributed by atoms with Crippen LogP contribution in [0.1, 0.15) is 126 Å². The second-order valence-corrected chi connectivity index (χ2v) is 19.6. The molecule has 2 bridgehead atoms. The molecule has 4 rings (SSSR count). The van der Waals surface area contributed by atoms with E-state index < -0.39 is 83.9 Å². The second-order valence-electron chi connectivity index (χ2n) is 19.6. The van der Waals surface area contributed by atoms with E-state index in [0.717, 1.165) is 12.0 Å². The van der Waals surface area contributed by atoms with Crippen LogP contribution in [0.5, 0.6) is 0 Å². The molecule has 14 heteroatoms. The number of piperidine rings is 1. The quantitative estimate of drug-likeness (QED) is 0.156. The van der Waals surface area contributed by atoms with Crippen LogP contribution in [0.4, 0.5) is 0 Å². The molecule has 366 valence electrons. The number of carbonyl (C=O) groups is 5. The lowest BCUT2D eigenvalue weighted by atomic mass is 9.78. The van der Waals surface area contributed by atoms with E-state index in [1.807, 2.05) is 58.1 Å². The summed E-state index contributed by atoms with van der Waals surface area (Å²) in [4.78, 5) is 71.8. The van der Waals surface area contributed by atoms with Crippen molar-refractivity contribution >= 4 is 29.2 Å². The number of ether oxygens (including phenoxy) is 5. The van der Waals surface area contributed by atoms with Crippen LogP contribution < -0.4 is 0 Å². The number of allylic oxidation sites excluding steroid dienone is 6. The summed E-state index contributed by atoms with van der Waals surface area (Å²) in [5.74, 6) is -7.96. The van der Waals surface area contributed by atoms with E-state index in [0.29, 0.717) is 63.4 Å². The van der Waals surface area contributed by atoms with E-state index in [1.54, 1.807) is 41.1 Å².